The van der Waals surface area contributed by atoms with Crippen LogP contribution in [0.5, 0.6) is 0 Å². The molecule has 2 aromatic carbocycles. The Morgan fingerprint density at radius 2 is 1.85 bits per heavy atom. The number of hydrogen-bond acceptors (Lipinski definition) is 5. The van der Waals surface area contributed by atoms with Gasteiger partial charge in [-0.05, 0) is 48.7 Å². The Balaban J connectivity index is 1.42. The van der Waals surface area contributed by atoms with E-state index in [4.69, 9.17) is 4.74 Å². The van der Waals surface area contributed by atoms with Crippen molar-refractivity contribution >= 4 is 40.0 Å². The zero-order valence-corrected chi connectivity index (χ0v) is 19.7. The average molecular weight is 480 g/mol. The number of carbonyl (C=O) groups excluding carboxylic acids is 2. The van der Waals surface area contributed by atoms with Gasteiger partial charge >= 0.3 is 0 Å². The number of benzene rings is 2. The lowest BCUT2D eigenvalue weighted by Gasteiger charge is -2.37. The molecule has 1 N–H and O–H groups in total. The lowest BCUT2D eigenvalue weighted by Crippen LogP contribution is -2.44. The van der Waals surface area contributed by atoms with Gasteiger partial charge in [0.15, 0.2) is 5.13 Å². The standard InChI is InChI=1S/C26H26FN3O3S/c1-19(31)30(23-5-3-2-4-6-23)25-29-22(17-34-25)11-12-24(32)28-18-26(13-15-33-16-14-26)20-7-9-21(27)10-8-20/h2-12,17H,13-16,18H2,1H3,(H,28,32)/b12-11+. The number of anilines is 2. The molecule has 176 valence electrons. The highest BCUT2D eigenvalue weighted by atomic mass is 32.1. The average Bonchev–Trinajstić information content (AvgIpc) is 3.31. The Bertz CT molecular complexity index is 1160. The summed E-state index contributed by atoms with van der Waals surface area (Å²) in [7, 11) is 0. The van der Waals surface area contributed by atoms with Crippen LogP contribution in [0.15, 0.2) is 66.1 Å². The van der Waals surface area contributed by atoms with E-state index in [1.165, 1.54) is 36.5 Å². The Morgan fingerprint density at radius 3 is 2.53 bits per heavy atom. The largest absolute Gasteiger partial charge is 0.381 e. The van der Waals surface area contributed by atoms with E-state index in [1.807, 2.05) is 30.3 Å². The molecule has 0 aliphatic carbocycles. The first-order valence-corrected chi connectivity index (χ1v) is 12.0. The molecule has 0 atom stereocenters. The maximum Gasteiger partial charge on any atom is 0.244 e. The number of halogens is 1. The van der Waals surface area contributed by atoms with E-state index in [2.05, 4.69) is 10.3 Å². The van der Waals surface area contributed by atoms with Crippen LogP contribution < -0.4 is 10.2 Å². The molecule has 8 heteroatoms. The van der Waals surface area contributed by atoms with Crippen molar-refractivity contribution in [3.8, 4) is 0 Å². The lowest BCUT2D eigenvalue weighted by molar-refractivity contribution is -0.117. The molecule has 1 aliphatic rings. The summed E-state index contributed by atoms with van der Waals surface area (Å²) in [5.74, 6) is -0.665. The molecular formula is C26H26FN3O3S. The molecule has 0 spiro atoms. The van der Waals surface area contributed by atoms with Crippen molar-refractivity contribution in [3.05, 3.63) is 83.1 Å². The molecule has 34 heavy (non-hydrogen) atoms. The third kappa shape index (κ3) is 5.58. The molecule has 1 fully saturated rings. The van der Waals surface area contributed by atoms with Gasteiger partial charge in [-0.25, -0.2) is 9.37 Å². The maximum absolute atomic E-state index is 13.4. The number of thiazole rings is 1. The summed E-state index contributed by atoms with van der Waals surface area (Å²) in [6.07, 6.45) is 4.57. The third-order valence-corrected chi connectivity index (χ3v) is 6.79. The van der Waals surface area contributed by atoms with Gasteiger partial charge in [0.05, 0.1) is 11.4 Å². The predicted molar refractivity (Wildman–Crippen MR) is 132 cm³/mol. The van der Waals surface area contributed by atoms with Gasteiger partial charge in [0.1, 0.15) is 5.82 Å². The SMILES string of the molecule is CC(=O)N(c1ccccc1)c1nc(/C=C/C(=O)NCC2(c3ccc(F)cc3)CCOCC2)cs1. The molecule has 6 nitrogen and oxygen atoms in total. The minimum atomic E-state index is -0.291. The minimum absolute atomic E-state index is 0.142. The Kier molecular flexibility index (Phi) is 7.49. The maximum atomic E-state index is 13.4. The zero-order chi connectivity index (χ0) is 24.0. The number of amides is 2. The van der Waals surface area contributed by atoms with E-state index in [0.29, 0.717) is 30.6 Å². The van der Waals surface area contributed by atoms with E-state index in [1.54, 1.807) is 28.5 Å². The normalized spacial score (nSPS) is 15.2. The van der Waals surface area contributed by atoms with Crippen molar-refractivity contribution in [2.24, 2.45) is 0 Å². The Morgan fingerprint density at radius 1 is 1.15 bits per heavy atom. The summed E-state index contributed by atoms with van der Waals surface area (Å²) in [5, 5.41) is 5.33. The fourth-order valence-corrected chi connectivity index (χ4v) is 4.92. The van der Waals surface area contributed by atoms with E-state index in [-0.39, 0.29) is 23.0 Å². The van der Waals surface area contributed by atoms with Crippen molar-refractivity contribution in [2.45, 2.75) is 25.2 Å². The van der Waals surface area contributed by atoms with Crippen molar-refractivity contribution in [3.63, 3.8) is 0 Å². The third-order valence-electron chi connectivity index (χ3n) is 5.94. The Labute approximate surface area is 202 Å². The number of hydrogen-bond donors (Lipinski definition) is 1. The fourth-order valence-electron chi connectivity index (χ4n) is 4.07. The van der Waals surface area contributed by atoms with Gasteiger partial charge in [0.25, 0.3) is 0 Å². The fraction of sp³-hybridized carbons (Fsp3) is 0.269. The second-order valence-corrected chi connectivity index (χ2v) is 9.03. The number of nitrogens with zero attached hydrogens (tertiary/aromatic N) is 2. The minimum Gasteiger partial charge on any atom is -0.381 e. The summed E-state index contributed by atoms with van der Waals surface area (Å²) in [6.45, 7) is 3.11. The first kappa shape index (κ1) is 23.8. The van der Waals surface area contributed by atoms with Crippen molar-refractivity contribution in [1.82, 2.24) is 10.3 Å². The number of ether oxygens (including phenoxy) is 1. The van der Waals surface area contributed by atoms with Crippen LogP contribution in [-0.4, -0.2) is 36.6 Å². The smallest absolute Gasteiger partial charge is 0.244 e. The molecular weight excluding hydrogens is 453 g/mol. The van der Waals surface area contributed by atoms with E-state index in [0.717, 1.165) is 24.1 Å². The van der Waals surface area contributed by atoms with E-state index in [9.17, 15) is 14.0 Å². The van der Waals surface area contributed by atoms with Crippen molar-refractivity contribution in [2.75, 3.05) is 24.7 Å². The van der Waals surface area contributed by atoms with Gasteiger partial charge in [0.2, 0.25) is 11.8 Å². The van der Waals surface area contributed by atoms with Gasteiger partial charge < -0.3 is 10.1 Å². The topological polar surface area (TPSA) is 71.5 Å². The van der Waals surface area contributed by atoms with Gasteiger partial charge in [-0.1, -0.05) is 30.3 Å². The van der Waals surface area contributed by atoms with Crippen molar-refractivity contribution < 1.29 is 18.7 Å². The molecule has 0 bridgehead atoms. The first-order chi connectivity index (χ1) is 16.5. The quantitative estimate of drug-likeness (QED) is 0.492. The van der Waals surface area contributed by atoms with Crippen LogP contribution in [0.2, 0.25) is 0 Å². The molecule has 0 saturated carbocycles. The number of para-hydroxylation sites is 1. The lowest BCUT2D eigenvalue weighted by atomic mass is 9.74. The molecule has 2 amide bonds. The second-order valence-electron chi connectivity index (χ2n) is 8.20. The molecule has 4 rings (SSSR count). The summed E-state index contributed by atoms with van der Waals surface area (Å²) >= 11 is 1.33. The number of nitrogens with one attached hydrogen (secondary N) is 1. The van der Waals surface area contributed by atoms with Crippen molar-refractivity contribution in [1.29, 1.82) is 0 Å². The molecule has 1 aromatic heterocycles. The highest BCUT2D eigenvalue weighted by molar-refractivity contribution is 7.14. The molecule has 1 aliphatic heterocycles. The zero-order valence-electron chi connectivity index (χ0n) is 18.9. The molecule has 3 aromatic rings. The molecule has 2 heterocycles. The van der Waals surface area contributed by atoms with Crippen LogP contribution in [0, 0.1) is 5.82 Å². The first-order valence-electron chi connectivity index (χ1n) is 11.1. The van der Waals surface area contributed by atoms with Gasteiger partial charge in [-0.15, -0.1) is 11.3 Å². The molecule has 0 radical (unpaired) electrons. The monoisotopic (exact) mass is 479 g/mol. The summed E-state index contributed by atoms with van der Waals surface area (Å²) in [4.78, 5) is 30.8. The highest BCUT2D eigenvalue weighted by Crippen LogP contribution is 2.34. The summed E-state index contributed by atoms with van der Waals surface area (Å²) in [6, 6.07) is 15.8. The Hall–Kier alpha value is -3.36. The van der Waals surface area contributed by atoms with Crippen LogP contribution >= 0.6 is 11.3 Å². The van der Waals surface area contributed by atoms with Gasteiger partial charge in [-0.2, -0.15) is 0 Å². The van der Waals surface area contributed by atoms with E-state index < -0.39 is 0 Å². The van der Waals surface area contributed by atoms with Crippen LogP contribution in [0.1, 0.15) is 31.0 Å². The molecule has 1 saturated heterocycles. The van der Waals surface area contributed by atoms with Crippen LogP contribution in [0.25, 0.3) is 6.08 Å². The number of rotatable bonds is 7. The predicted octanol–water partition coefficient (Wildman–Crippen LogP) is 4.84. The summed E-state index contributed by atoms with van der Waals surface area (Å²) < 4.78 is 18.9. The van der Waals surface area contributed by atoms with Crippen LogP contribution in [-0.2, 0) is 19.7 Å². The molecule has 0 unspecified atom stereocenters. The van der Waals surface area contributed by atoms with Crippen LogP contribution in [0.4, 0.5) is 15.2 Å². The van der Waals surface area contributed by atoms with Gasteiger partial charge in [0, 0.05) is 43.6 Å². The van der Waals surface area contributed by atoms with Crippen LogP contribution in [0.3, 0.4) is 0 Å². The summed E-state index contributed by atoms with van der Waals surface area (Å²) in [5.41, 5.74) is 2.04. The highest BCUT2D eigenvalue weighted by Gasteiger charge is 2.34. The van der Waals surface area contributed by atoms with E-state index >= 15 is 0 Å². The second kappa shape index (κ2) is 10.7. The number of aromatic nitrogens is 1. The van der Waals surface area contributed by atoms with Gasteiger partial charge in [-0.3, -0.25) is 14.5 Å². The number of carbonyl (C=O) groups is 2.